The predicted molar refractivity (Wildman–Crippen MR) is 138 cm³/mol. The molecule has 1 aliphatic rings. The first-order valence-corrected chi connectivity index (χ1v) is 13.8. The topological polar surface area (TPSA) is 130 Å². The molecular weight excluding hydrogens is 575 g/mol. The Morgan fingerprint density at radius 2 is 1.71 bits per heavy atom. The van der Waals surface area contributed by atoms with Crippen LogP contribution in [0.3, 0.4) is 0 Å². The molecule has 0 unspecified atom stereocenters. The van der Waals surface area contributed by atoms with Gasteiger partial charge in [-0.15, -0.1) is 0 Å². The van der Waals surface area contributed by atoms with Crippen LogP contribution >= 0.6 is 0 Å². The molecule has 5 rings (SSSR count). The normalized spacial score (nSPS) is 14.4. The van der Waals surface area contributed by atoms with Crippen LogP contribution in [0.15, 0.2) is 43.0 Å². The summed E-state index contributed by atoms with van der Waals surface area (Å²) in [5, 5.41) is 0.279. The number of nitrogens with zero attached hydrogens (tertiary/aromatic N) is 4. The maximum absolute atomic E-state index is 15.3. The average Bonchev–Trinajstić information content (AvgIpc) is 3.38. The molecule has 1 aliphatic heterocycles. The van der Waals surface area contributed by atoms with Crippen LogP contribution in [0, 0.1) is 11.6 Å². The van der Waals surface area contributed by atoms with Gasteiger partial charge in [-0.2, -0.15) is 13.2 Å². The SMILES string of the molecule is O=C(c1ccc(F)c(NS(=O)(=O)CCC(F)(F)F)c1F)c1c[nH]c2ncc(-c3cnc(N4CCOCC4)nc3)cc12. The Morgan fingerprint density at radius 3 is 2.39 bits per heavy atom. The fourth-order valence-corrected chi connectivity index (χ4v) is 5.27. The number of carbonyl (C=O) groups is 1. The zero-order valence-electron chi connectivity index (χ0n) is 21.0. The van der Waals surface area contributed by atoms with Gasteiger partial charge >= 0.3 is 6.18 Å². The third-order valence-electron chi connectivity index (χ3n) is 6.29. The number of benzene rings is 1. The van der Waals surface area contributed by atoms with Crippen LogP contribution in [0.2, 0.25) is 0 Å². The molecular formula is C25H21F5N6O4S. The number of sulfonamides is 1. The minimum Gasteiger partial charge on any atom is -0.378 e. The lowest BCUT2D eigenvalue weighted by molar-refractivity contribution is -0.129. The first kappa shape index (κ1) is 28.4. The number of ether oxygens (including phenoxy) is 1. The fraction of sp³-hybridized carbons (Fsp3) is 0.280. The van der Waals surface area contributed by atoms with E-state index < -0.39 is 57.0 Å². The van der Waals surface area contributed by atoms with Crippen LogP contribution in [0.4, 0.5) is 33.6 Å². The van der Waals surface area contributed by atoms with Gasteiger partial charge in [0.25, 0.3) is 0 Å². The molecule has 10 nitrogen and oxygen atoms in total. The molecule has 0 amide bonds. The molecule has 0 aliphatic carbocycles. The van der Waals surface area contributed by atoms with Gasteiger partial charge in [-0.3, -0.25) is 9.52 Å². The second-order valence-corrected chi connectivity index (χ2v) is 10.9. The monoisotopic (exact) mass is 596 g/mol. The number of ketones is 1. The summed E-state index contributed by atoms with van der Waals surface area (Å²) in [6, 6.07) is 3.06. The highest BCUT2D eigenvalue weighted by molar-refractivity contribution is 7.92. The summed E-state index contributed by atoms with van der Waals surface area (Å²) >= 11 is 0. The number of hydrogen-bond acceptors (Lipinski definition) is 8. The summed E-state index contributed by atoms with van der Waals surface area (Å²) in [5.74, 6) is -4.85. The van der Waals surface area contributed by atoms with Crippen molar-refractivity contribution in [2.75, 3.05) is 41.7 Å². The summed E-state index contributed by atoms with van der Waals surface area (Å²) in [7, 11) is -4.79. The number of carbonyl (C=O) groups excluding carboxylic acids is 1. The minimum atomic E-state index is -4.80. The van der Waals surface area contributed by atoms with E-state index in [1.807, 2.05) is 4.90 Å². The zero-order valence-corrected chi connectivity index (χ0v) is 21.8. The lowest BCUT2D eigenvalue weighted by atomic mass is 10.0. The van der Waals surface area contributed by atoms with Gasteiger partial charge in [-0.25, -0.2) is 32.2 Å². The molecule has 0 saturated carbocycles. The molecule has 41 heavy (non-hydrogen) atoms. The Morgan fingerprint density at radius 1 is 1.02 bits per heavy atom. The molecule has 216 valence electrons. The summed E-state index contributed by atoms with van der Waals surface area (Å²) in [6.07, 6.45) is -0.569. The van der Waals surface area contributed by atoms with Crippen LogP contribution < -0.4 is 9.62 Å². The highest BCUT2D eigenvalue weighted by Crippen LogP contribution is 2.30. The molecule has 3 aromatic heterocycles. The van der Waals surface area contributed by atoms with Gasteiger partial charge in [0.15, 0.2) is 11.6 Å². The molecule has 2 N–H and O–H groups in total. The Hall–Kier alpha value is -4.18. The molecule has 1 fully saturated rings. The minimum absolute atomic E-state index is 0.0587. The Kier molecular flexibility index (Phi) is 7.61. The van der Waals surface area contributed by atoms with Gasteiger partial charge in [-0.1, -0.05) is 0 Å². The number of halogens is 5. The van der Waals surface area contributed by atoms with E-state index in [0.29, 0.717) is 49.4 Å². The van der Waals surface area contributed by atoms with Crippen molar-refractivity contribution in [1.29, 1.82) is 0 Å². The van der Waals surface area contributed by atoms with Crippen molar-refractivity contribution < 1.29 is 39.9 Å². The second-order valence-electron chi connectivity index (χ2n) is 9.09. The molecule has 4 heterocycles. The van der Waals surface area contributed by atoms with E-state index >= 15 is 4.39 Å². The summed E-state index contributed by atoms with van der Waals surface area (Å²) in [5.41, 5.74) is -0.620. The quantitative estimate of drug-likeness (QED) is 0.230. The molecule has 1 saturated heterocycles. The number of anilines is 2. The van der Waals surface area contributed by atoms with E-state index in [-0.39, 0.29) is 16.6 Å². The second kappa shape index (κ2) is 11.0. The number of alkyl halides is 3. The van der Waals surface area contributed by atoms with Gasteiger partial charge in [0, 0.05) is 60.0 Å². The lowest BCUT2D eigenvalue weighted by Crippen LogP contribution is -2.37. The van der Waals surface area contributed by atoms with Gasteiger partial charge in [0.2, 0.25) is 16.0 Å². The zero-order chi connectivity index (χ0) is 29.4. The standard InChI is InChI=1S/C25H21F5N6O4S/c26-19-2-1-16(20(27)21(19)35-41(38,39)8-3-25(28,29)30)22(37)18-13-32-23-17(18)9-14(10-31-23)15-11-33-24(34-12-15)36-4-6-40-7-5-36/h1-2,9-13,35H,3-8H2,(H,31,32). The third kappa shape index (κ3) is 6.27. The van der Waals surface area contributed by atoms with E-state index in [0.717, 1.165) is 6.07 Å². The fourth-order valence-electron chi connectivity index (χ4n) is 4.17. The van der Waals surface area contributed by atoms with Crippen molar-refractivity contribution in [3.63, 3.8) is 0 Å². The molecule has 4 aromatic rings. The van der Waals surface area contributed by atoms with E-state index in [2.05, 4.69) is 19.9 Å². The van der Waals surface area contributed by atoms with Crippen LogP contribution in [0.5, 0.6) is 0 Å². The van der Waals surface area contributed by atoms with Gasteiger partial charge < -0.3 is 14.6 Å². The summed E-state index contributed by atoms with van der Waals surface area (Å²) in [4.78, 5) is 31.1. The highest BCUT2D eigenvalue weighted by Gasteiger charge is 2.31. The van der Waals surface area contributed by atoms with E-state index in [1.165, 1.54) is 17.1 Å². The number of aromatic nitrogens is 4. The van der Waals surface area contributed by atoms with Crippen LogP contribution in [-0.2, 0) is 14.8 Å². The maximum atomic E-state index is 15.3. The van der Waals surface area contributed by atoms with Crippen molar-refractivity contribution in [2.24, 2.45) is 0 Å². The highest BCUT2D eigenvalue weighted by atomic mass is 32.2. The summed E-state index contributed by atoms with van der Waals surface area (Å²) < 4.78 is 97.9. The Balaban J connectivity index is 1.43. The number of rotatable bonds is 8. The third-order valence-corrected chi connectivity index (χ3v) is 7.55. The number of pyridine rings is 1. The van der Waals surface area contributed by atoms with E-state index in [9.17, 15) is 30.8 Å². The number of fused-ring (bicyclic) bond motifs is 1. The number of nitrogens with one attached hydrogen (secondary N) is 2. The molecule has 1 aromatic carbocycles. The van der Waals surface area contributed by atoms with Crippen LogP contribution in [0.25, 0.3) is 22.2 Å². The van der Waals surface area contributed by atoms with E-state index in [4.69, 9.17) is 4.74 Å². The molecule has 0 atom stereocenters. The number of hydrogen-bond donors (Lipinski definition) is 2. The maximum Gasteiger partial charge on any atom is 0.390 e. The van der Waals surface area contributed by atoms with Gasteiger partial charge in [0.1, 0.15) is 17.2 Å². The van der Waals surface area contributed by atoms with Crippen LogP contribution in [0.1, 0.15) is 22.3 Å². The molecule has 0 bridgehead atoms. The first-order chi connectivity index (χ1) is 19.4. The number of morpholine rings is 1. The number of H-pyrrole nitrogens is 1. The largest absolute Gasteiger partial charge is 0.390 e. The van der Waals surface area contributed by atoms with Crippen molar-refractivity contribution in [3.05, 3.63) is 65.7 Å². The van der Waals surface area contributed by atoms with Crippen molar-refractivity contribution >= 4 is 38.5 Å². The molecule has 0 spiro atoms. The number of aromatic amines is 1. The molecule has 0 radical (unpaired) electrons. The smallest absolute Gasteiger partial charge is 0.378 e. The molecule has 16 heteroatoms. The van der Waals surface area contributed by atoms with Gasteiger partial charge in [-0.05, 0) is 18.2 Å². The first-order valence-electron chi connectivity index (χ1n) is 12.1. The van der Waals surface area contributed by atoms with Crippen molar-refractivity contribution in [2.45, 2.75) is 12.6 Å². The van der Waals surface area contributed by atoms with E-state index in [1.54, 1.807) is 18.5 Å². The van der Waals surface area contributed by atoms with Gasteiger partial charge in [0.05, 0.1) is 31.0 Å². The Bertz CT molecular complexity index is 1700. The van der Waals surface area contributed by atoms with Crippen molar-refractivity contribution in [3.8, 4) is 11.1 Å². The Labute approximate surface area is 229 Å². The van der Waals surface area contributed by atoms with Crippen LogP contribution in [-0.4, -0.2) is 72.4 Å². The lowest BCUT2D eigenvalue weighted by Gasteiger charge is -2.26. The predicted octanol–water partition coefficient (Wildman–Crippen LogP) is 4.06. The average molecular weight is 597 g/mol. The van der Waals surface area contributed by atoms with Crippen molar-refractivity contribution in [1.82, 2.24) is 19.9 Å². The summed E-state index contributed by atoms with van der Waals surface area (Å²) in [6.45, 7) is 2.43.